The van der Waals surface area contributed by atoms with E-state index in [-0.39, 0.29) is 46.9 Å². The van der Waals surface area contributed by atoms with E-state index in [4.69, 9.17) is 74.5 Å². The zero-order valence-electron chi connectivity index (χ0n) is 15.8. The van der Waals surface area contributed by atoms with Crippen LogP contribution in [0.15, 0.2) is 0 Å². The van der Waals surface area contributed by atoms with Crippen molar-refractivity contribution in [2.24, 2.45) is 0 Å². The molecule has 155 valence electrons. The van der Waals surface area contributed by atoms with Crippen LogP contribution in [-0.4, -0.2) is 66.9 Å². The van der Waals surface area contributed by atoms with Crippen molar-refractivity contribution in [2.75, 3.05) is 39.3 Å². The van der Waals surface area contributed by atoms with Crippen molar-refractivity contribution in [1.82, 2.24) is 14.7 Å². The van der Waals surface area contributed by atoms with Crippen molar-refractivity contribution in [3.05, 3.63) is 0 Å². The first-order valence-electron chi connectivity index (χ1n) is 8.04. The second-order valence-corrected chi connectivity index (χ2v) is 7.41. The van der Waals surface area contributed by atoms with Crippen LogP contribution in [0.3, 0.4) is 0 Å². The Morgan fingerprint density at radius 2 is 0.640 bits per heavy atom. The molecule has 0 unspecified atom stereocenters. The molecule has 0 spiro atoms. The predicted molar refractivity (Wildman–Crippen MR) is 129 cm³/mol. The van der Waals surface area contributed by atoms with Gasteiger partial charge in [-0.1, -0.05) is 13.0 Å². The molecule has 0 N–H and O–H groups in total. The largest absolute Gasteiger partial charge is 3.00 e. The van der Waals surface area contributed by atoms with Crippen LogP contribution in [0.5, 0.6) is 0 Å². The van der Waals surface area contributed by atoms with Gasteiger partial charge < -0.3 is 89.2 Å². The molecule has 10 heteroatoms. The van der Waals surface area contributed by atoms with E-state index in [0.717, 1.165) is 39.3 Å². The van der Waals surface area contributed by atoms with Gasteiger partial charge in [0.1, 0.15) is 0 Å². The maximum absolute atomic E-state index is 4.76. The molecule has 0 fully saturated rings. The van der Waals surface area contributed by atoms with Crippen LogP contribution in [0.2, 0.25) is 0 Å². The Morgan fingerprint density at radius 1 is 0.520 bits per heavy atom. The van der Waals surface area contributed by atoms with E-state index in [9.17, 15) is 0 Å². The molecule has 0 atom stereocenters. The standard InChI is InChI=1S/3C5H11NS2.Yb/c3*1-3-6(4-2)5(7)8;/h3*3-4H2,1-2H3,(H,7,8);/q;;;+3/p-3. The molecule has 0 bridgehead atoms. The van der Waals surface area contributed by atoms with E-state index in [0.29, 0.717) is 13.0 Å². The van der Waals surface area contributed by atoms with Gasteiger partial charge in [0, 0.05) is 39.3 Å². The Kier molecular flexibility index (Phi) is 32.8. The topological polar surface area (TPSA) is 9.72 Å². The van der Waals surface area contributed by atoms with Gasteiger partial charge in [0.05, 0.1) is 0 Å². The van der Waals surface area contributed by atoms with E-state index >= 15 is 0 Å². The molecule has 1 radical (unpaired) electrons. The molecule has 3 nitrogen and oxygen atoms in total. The van der Waals surface area contributed by atoms with Crippen LogP contribution in [0.1, 0.15) is 41.5 Å². The molecule has 0 aliphatic heterocycles. The fraction of sp³-hybridized carbons (Fsp3) is 0.800. The molecule has 0 rings (SSSR count). The zero-order chi connectivity index (χ0) is 19.7. The van der Waals surface area contributed by atoms with Crippen LogP contribution in [0, 0.1) is 46.9 Å². The molecule has 0 amide bonds. The van der Waals surface area contributed by atoms with Gasteiger partial charge in [-0.3, -0.25) is 0 Å². The Labute approximate surface area is 226 Å². The van der Waals surface area contributed by atoms with Crippen molar-refractivity contribution in [3.63, 3.8) is 0 Å². The van der Waals surface area contributed by atoms with Crippen molar-refractivity contribution in [3.8, 4) is 0 Å². The average Bonchev–Trinajstić information content (AvgIpc) is 2.51. The second kappa shape index (κ2) is 23.9. The maximum Gasteiger partial charge on any atom is 3.00 e. The molecular weight excluding hydrogens is 588 g/mol. The molecule has 0 heterocycles. The van der Waals surface area contributed by atoms with E-state index in [1.54, 1.807) is 0 Å². The van der Waals surface area contributed by atoms with Crippen LogP contribution in [-0.2, 0) is 37.9 Å². The summed E-state index contributed by atoms with van der Waals surface area (Å²) in [6, 6.07) is 0. The zero-order valence-corrected chi connectivity index (χ0v) is 22.4. The molecule has 0 saturated heterocycles. The number of thiocarbonyl (C=S) groups is 3. The number of rotatable bonds is 6. The first-order valence-corrected chi connectivity index (χ1v) is 10.5. The van der Waals surface area contributed by atoms with Gasteiger partial charge in [-0.25, -0.2) is 0 Å². The Hall–Kier alpha value is 1.85. The third kappa shape index (κ3) is 22.0. The molecule has 0 aliphatic carbocycles. The van der Waals surface area contributed by atoms with Crippen molar-refractivity contribution >= 4 is 87.5 Å². The van der Waals surface area contributed by atoms with Gasteiger partial charge in [-0.15, -0.1) is 0 Å². The summed E-state index contributed by atoms with van der Waals surface area (Å²) in [5, 5.41) is 0. The first-order chi connectivity index (χ1) is 11.2. The summed E-state index contributed by atoms with van der Waals surface area (Å²) in [5.74, 6) is 0. The van der Waals surface area contributed by atoms with Gasteiger partial charge in [0.25, 0.3) is 0 Å². The van der Waals surface area contributed by atoms with Gasteiger partial charge in [0.2, 0.25) is 0 Å². The van der Waals surface area contributed by atoms with Gasteiger partial charge in [-0.05, 0) is 41.5 Å². The summed E-state index contributed by atoms with van der Waals surface area (Å²) >= 11 is 28.5. The summed E-state index contributed by atoms with van der Waals surface area (Å²) in [6.07, 6.45) is 0. The summed E-state index contributed by atoms with van der Waals surface area (Å²) in [4.78, 5) is 5.89. The summed E-state index contributed by atoms with van der Waals surface area (Å²) in [6.45, 7) is 17.8. The van der Waals surface area contributed by atoms with Crippen LogP contribution in [0.25, 0.3) is 0 Å². The van der Waals surface area contributed by atoms with Crippen molar-refractivity contribution in [1.29, 1.82) is 0 Å². The fourth-order valence-corrected chi connectivity index (χ4v) is 2.99. The molecule has 0 aromatic carbocycles. The van der Waals surface area contributed by atoms with Gasteiger partial charge in [0.15, 0.2) is 0 Å². The van der Waals surface area contributed by atoms with Crippen molar-refractivity contribution < 1.29 is 46.9 Å². The minimum atomic E-state index is 0. The van der Waals surface area contributed by atoms with E-state index < -0.39 is 0 Å². The van der Waals surface area contributed by atoms with Crippen LogP contribution >= 0.6 is 36.7 Å². The summed E-state index contributed by atoms with van der Waals surface area (Å²) in [7, 11) is 0. The maximum atomic E-state index is 4.76. The number of hydrogen-bond acceptors (Lipinski definition) is 6. The molecule has 0 aliphatic rings. The minimum Gasteiger partial charge on any atom is -0.411 e. The number of hydrogen-bond donors (Lipinski definition) is 0. The third-order valence-electron chi connectivity index (χ3n) is 3.06. The minimum absolute atomic E-state index is 0. The number of nitrogens with zero attached hydrogens (tertiary/aromatic N) is 3. The van der Waals surface area contributed by atoms with Crippen LogP contribution < -0.4 is 0 Å². The van der Waals surface area contributed by atoms with E-state index in [1.165, 1.54) is 0 Å². The smallest absolute Gasteiger partial charge is 0.411 e. The molecule has 0 aromatic heterocycles. The molecule has 0 aromatic rings. The fourth-order valence-electron chi connectivity index (χ4n) is 1.45. The Balaban J connectivity index is -0.000000130. The second-order valence-electron chi connectivity index (χ2n) is 4.31. The van der Waals surface area contributed by atoms with Gasteiger partial charge >= 0.3 is 46.9 Å². The quantitative estimate of drug-likeness (QED) is 0.325. The first kappa shape index (κ1) is 34.4. The van der Waals surface area contributed by atoms with E-state index in [2.05, 4.69) is 0 Å². The molecular formula is C15H30N3S6Yb. The SMILES string of the molecule is CCN(CC)C(=S)[S-].CCN(CC)C(=S)[S-].CCN(CC)C(=S)[S-].[Yb+3]. The summed E-state index contributed by atoms with van der Waals surface area (Å²) < 4.78 is 1.74. The monoisotopic (exact) mass is 618 g/mol. The van der Waals surface area contributed by atoms with Crippen molar-refractivity contribution in [2.45, 2.75) is 41.5 Å². The molecule has 25 heavy (non-hydrogen) atoms. The normalized spacial score (nSPS) is 8.40. The van der Waals surface area contributed by atoms with Gasteiger partial charge in [-0.2, -0.15) is 0 Å². The third-order valence-corrected chi connectivity index (χ3v) is 4.61. The van der Waals surface area contributed by atoms with Crippen LogP contribution in [0.4, 0.5) is 0 Å². The summed E-state index contributed by atoms with van der Waals surface area (Å²) in [5.41, 5.74) is 0. The van der Waals surface area contributed by atoms with E-state index in [1.807, 2.05) is 56.2 Å². The Bertz CT molecular complexity index is 294. The molecule has 0 saturated carbocycles. The predicted octanol–water partition coefficient (Wildman–Crippen LogP) is 3.48. The average molecular weight is 618 g/mol. The Morgan fingerprint density at radius 3 is 0.640 bits per heavy atom.